The summed E-state index contributed by atoms with van der Waals surface area (Å²) in [7, 11) is 1.66. The molecule has 2 aromatic rings. The van der Waals surface area contributed by atoms with Crippen molar-refractivity contribution in [2.24, 2.45) is 0 Å². The van der Waals surface area contributed by atoms with Crippen LogP contribution < -0.4 is 10.1 Å². The van der Waals surface area contributed by atoms with E-state index in [9.17, 15) is 0 Å². The van der Waals surface area contributed by atoms with Crippen LogP contribution in [0, 0.1) is 6.92 Å². The first-order valence-corrected chi connectivity index (χ1v) is 7.45. The monoisotopic (exact) mass is 288 g/mol. The first-order valence-electron chi connectivity index (χ1n) is 7.45. The summed E-state index contributed by atoms with van der Waals surface area (Å²) in [6, 6.07) is 6.33. The van der Waals surface area contributed by atoms with Gasteiger partial charge in [-0.3, -0.25) is 4.68 Å². The largest absolute Gasteiger partial charge is 0.481 e. The van der Waals surface area contributed by atoms with E-state index in [1.54, 1.807) is 13.3 Å². The zero-order chi connectivity index (χ0) is 15.2. The molecule has 1 unspecified atom stereocenters. The van der Waals surface area contributed by atoms with Crippen LogP contribution in [0.1, 0.15) is 36.8 Å². The molecule has 2 heterocycles. The van der Waals surface area contributed by atoms with Crippen molar-refractivity contribution >= 4 is 0 Å². The van der Waals surface area contributed by atoms with E-state index in [4.69, 9.17) is 4.74 Å². The molecule has 0 bridgehead atoms. The Labute approximate surface area is 126 Å². The lowest BCUT2D eigenvalue weighted by Gasteiger charge is -2.20. The van der Waals surface area contributed by atoms with Crippen molar-refractivity contribution < 1.29 is 4.74 Å². The van der Waals surface area contributed by atoms with E-state index in [2.05, 4.69) is 46.1 Å². The van der Waals surface area contributed by atoms with Crippen LogP contribution in [0.15, 0.2) is 24.4 Å². The van der Waals surface area contributed by atoms with Gasteiger partial charge in [0.15, 0.2) is 0 Å². The maximum Gasteiger partial charge on any atom is 0.217 e. The molecular formula is C16H24N4O. The zero-order valence-electron chi connectivity index (χ0n) is 13.3. The fourth-order valence-corrected chi connectivity index (χ4v) is 2.62. The number of hydrogen-bond donors (Lipinski definition) is 1. The Balaban J connectivity index is 2.30. The highest BCUT2D eigenvalue weighted by molar-refractivity contribution is 5.30. The van der Waals surface area contributed by atoms with E-state index < -0.39 is 0 Å². The lowest BCUT2D eigenvalue weighted by atomic mass is 10.0. The van der Waals surface area contributed by atoms with Gasteiger partial charge in [-0.1, -0.05) is 13.0 Å². The zero-order valence-corrected chi connectivity index (χ0v) is 13.3. The number of likely N-dealkylation sites (N-methyl/N-ethyl adjacent to an activating group) is 1. The molecule has 0 aromatic carbocycles. The van der Waals surface area contributed by atoms with Gasteiger partial charge in [-0.15, -0.1) is 0 Å². The van der Waals surface area contributed by atoms with Crippen molar-refractivity contribution in [3.63, 3.8) is 0 Å². The number of aryl methyl sites for hydroxylation is 2. The highest BCUT2D eigenvalue weighted by Gasteiger charge is 2.18. The molecule has 0 saturated heterocycles. The molecule has 21 heavy (non-hydrogen) atoms. The number of pyridine rings is 1. The minimum Gasteiger partial charge on any atom is -0.481 e. The SMILES string of the molecule is CCNC(Cc1cc(C)nn1CC)c1cccnc1OC. The summed E-state index contributed by atoms with van der Waals surface area (Å²) in [6.07, 6.45) is 2.62. The molecule has 114 valence electrons. The first kappa shape index (κ1) is 15.5. The summed E-state index contributed by atoms with van der Waals surface area (Å²) in [5, 5.41) is 8.04. The van der Waals surface area contributed by atoms with E-state index in [1.807, 2.05) is 13.0 Å². The van der Waals surface area contributed by atoms with Crippen molar-refractivity contribution in [1.82, 2.24) is 20.1 Å². The number of nitrogens with zero attached hydrogens (tertiary/aromatic N) is 3. The quantitative estimate of drug-likeness (QED) is 0.850. The van der Waals surface area contributed by atoms with E-state index in [1.165, 1.54) is 5.69 Å². The molecule has 2 rings (SSSR count). The molecular weight excluding hydrogens is 264 g/mol. The molecule has 2 aromatic heterocycles. The van der Waals surface area contributed by atoms with Crippen LogP contribution in [0.2, 0.25) is 0 Å². The van der Waals surface area contributed by atoms with Gasteiger partial charge >= 0.3 is 0 Å². The number of aromatic nitrogens is 3. The Kier molecular flexibility index (Phi) is 5.33. The standard InChI is InChI=1S/C16H24N4O/c1-5-17-15(14-8-7-9-18-16(14)21-4)11-13-10-12(3)19-20(13)6-2/h7-10,15,17H,5-6,11H2,1-4H3. The fourth-order valence-electron chi connectivity index (χ4n) is 2.62. The Morgan fingerprint density at radius 2 is 2.19 bits per heavy atom. The molecule has 1 N–H and O–H groups in total. The smallest absolute Gasteiger partial charge is 0.217 e. The van der Waals surface area contributed by atoms with E-state index in [0.29, 0.717) is 5.88 Å². The third-order valence-electron chi connectivity index (χ3n) is 3.52. The van der Waals surface area contributed by atoms with Crippen LogP contribution in [0.25, 0.3) is 0 Å². The van der Waals surface area contributed by atoms with Crippen LogP contribution in [0.4, 0.5) is 0 Å². The van der Waals surface area contributed by atoms with Crippen LogP contribution in [0.3, 0.4) is 0 Å². The number of rotatable bonds is 7. The molecule has 0 aliphatic heterocycles. The number of ether oxygens (including phenoxy) is 1. The first-order chi connectivity index (χ1) is 10.2. The lowest BCUT2D eigenvalue weighted by Crippen LogP contribution is -2.24. The van der Waals surface area contributed by atoms with Gasteiger partial charge in [0.05, 0.1) is 12.8 Å². The Hall–Kier alpha value is -1.88. The highest BCUT2D eigenvalue weighted by Crippen LogP contribution is 2.25. The maximum atomic E-state index is 5.40. The number of hydrogen-bond acceptors (Lipinski definition) is 4. The predicted molar refractivity (Wildman–Crippen MR) is 83.5 cm³/mol. The summed E-state index contributed by atoms with van der Waals surface area (Å²) in [4.78, 5) is 4.31. The van der Waals surface area contributed by atoms with Gasteiger partial charge < -0.3 is 10.1 Å². The van der Waals surface area contributed by atoms with Crippen molar-refractivity contribution in [3.8, 4) is 5.88 Å². The van der Waals surface area contributed by atoms with Crippen LogP contribution in [-0.4, -0.2) is 28.4 Å². The van der Waals surface area contributed by atoms with Gasteiger partial charge in [0.25, 0.3) is 0 Å². The average molecular weight is 288 g/mol. The normalized spacial score (nSPS) is 12.4. The van der Waals surface area contributed by atoms with Crippen molar-refractivity contribution in [2.75, 3.05) is 13.7 Å². The lowest BCUT2D eigenvalue weighted by molar-refractivity contribution is 0.381. The van der Waals surface area contributed by atoms with Gasteiger partial charge in [0.2, 0.25) is 5.88 Å². The molecule has 0 amide bonds. The number of nitrogens with one attached hydrogen (secondary N) is 1. The molecule has 0 saturated carbocycles. The molecule has 5 nitrogen and oxygen atoms in total. The van der Waals surface area contributed by atoms with Crippen LogP contribution >= 0.6 is 0 Å². The summed E-state index contributed by atoms with van der Waals surface area (Å²) >= 11 is 0. The van der Waals surface area contributed by atoms with E-state index >= 15 is 0 Å². The summed E-state index contributed by atoms with van der Waals surface area (Å²) in [5.41, 5.74) is 3.37. The van der Waals surface area contributed by atoms with Crippen molar-refractivity contribution in [3.05, 3.63) is 41.3 Å². The topological polar surface area (TPSA) is 52.0 Å². The summed E-state index contributed by atoms with van der Waals surface area (Å²) < 4.78 is 7.46. The molecule has 1 atom stereocenters. The van der Waals surface area contributed by atoms with Gasteiger partial charge in [-0.25, -0.2) is 4.98 Å². The van der Waals surface area contributed by atoms with Crippen LogP contribution in [-0.2, 0) is 13.0 Å². The van der Waals surface area contributed by atoms with E-state index in [-0.39, 0.29) is 6.04 Å². The molecule has 0 aliphatic carbocycles. The Morgan fingerprint density at radius 1 is 1.38 bits per heavy atom. The van der Waals surface area contributed by atoms with Gasteiger partial charge in [-0.05, 0) is 32.5 Å². The van der Waals surface area contributed by atoms with Gasteiger partial charge in [0.1, 0.15) is 0 Å². The minimum absolute atomic E-state index is 0.167. The van der Waals surface area contributed by atoms with Crippen molar-refractivity contribution in [1.29, 1.82) is 0 Å². The van der Waals surface area contributed by atoms with Crippen molar-refractivity contribution in [2.45, 2.75) is 39.8 Å². The Bertz CT molecular complexity index is 579. The van der Waals surface area contributed by atoms with Gasteiger partial charge in [-0.2, -0.15) is 5.10 Å². The third kappa shape index (κ3) is 3.61. The van der Waals surface area contributed by atoms with Gasteiger partial charge in [0, 0.05) is 36.5 Å². The molecule has 0 spiro atoms. The second-order valence-electron chi connectivity index (χ2n) is 5.01. The molecule has 0 fully saturated rings. The summed E-state index contributed by atoms with van der Waals surface area (Å²) in [5.74, 6) is 0.683. The summed E-state index contributed by atoms with van der Waals surface area (Å²) in [6.45, 7) is 8.03. The predicted octanol–water partition coefficient (Wildman–Crippen LogP) is 2.51. The van der Waals surface area contributed by atoms with E-state index in [0.717, 1.165) is 30.8 Å². The third-order valence-corrected chi connectivity index (χ3v) is 3.52. The highest BCUT2D eigenvalue weighted by atomic mass is 16.5. The molecule has 5 heteroatoms. The maximum absolute atomic E-state index is 5.40. The van der Waals surface area contributed by atoms with Crippen LogP contribution in [0.5, 0.6) is 5.88 Å². The average Bonchev–Trinajstić information content (AvgIpc) is 2.86. The minimum atomic E-state index is 0.167. The molecule has 0 aliphatic rings. The second-order valence-corrected chi connectivity index (χ2v) is 5.01. The fraction of sp³-hybridized carbons (Fsp3) is 0.500. The molecule has 0 radical (unpaired) electrons. The second kappa shape index (κ2) is 7.22. The Morgan fingerprint density at radius 3 is 2.86 bits per heavy atom. The number of methoxy groups -OCH3 is 1.